The fourth-order valence-electron chi connectivity index (χ4n) is 4.80. The molecule has 1 saturated heterocycles. The summed E-state index contributed by atoms with van der Waals surface area (Å²) >= 11 is 0. The van der Waals surface area contributed by atoms with Gasteiger partial charge in [0, 0.05) is 25.4 Å². The van der Waals surface area contributed by atoms with Crippen molar-refractivity contribution in [3.8, 4) is 11.5 Å². The summed E-state index contributed by atoms with van der Waals surface area (Å²) in [6.07, 6.45) is 3.31. The third-order valence-corrected chi connectivity index (χ3v) is 8.89. The van der Waals surface area contributed by atoms with Crippen LogP contribution in [-0.2, 0) is 21.0 Å². The number of rotatable bonds is 6. The van der Waals surface area contributed by atoms with Crippen LogP contribution in [-0.4, -0.2) is 74.0 Å². The molecule has 31 heavy (non-hydrogen) atoms. The molecule has 1 aromatic carbocycles. The largest absolute Gasteiger partial charge is 0.493 e. The number of benzene rings is 1. The molecule has 4 rings (SSSR count). The van der Waals surface area contributed by atoms with E-state index in [1.54, 1.807) is 7.11 Å². The molecule has 2 fully saturated rings. The summed E-state index contributed by atoms with van der Waals surface area (Å²) < 4.78 is 41.1. The molecule has 8 heteroatoms. The van der Waals surface area contributed by atoms with Crippen molar-refractivity contribution < 1.29 is 27.7 Å². The number of aliphatic hydroxyl groups is 1. The predicted octanol–water partition coefficient (Wildman–Crippen LogP) is 2.50. The quantitative estimate of drug-likeness (QED) is 0.708. The molecular formula is C23H35NO6S. The van der Waals surface area contributed by atoms with Gasteiger partial charge in [0.05, 0.1) is 24.9 Å². The maximum Gasteiger partial charge on any atom is 0.161 e. The number of nitrogens with zero attached hydrogens (tertiary/aromatic N) is 1. The van der Waals surface area contributed by atoms with E-state index in [9.17, 15) is 13.5 Å². The third-order valence-electron chi connectivity index (χ3n) is 6.79. The van der Waals surface area contributed by atoms with Crippen LogP contribution in [0.2, 0.25) is 0 Å². The molecule has 1 aliphatic carbocycles. The molecule has 1 aromatic rings. The molecule has 0 radical (unpaired) electrons. The van der Waals surface area contributed by atoms with E-state index >= 15 is 0 Å². The molecule has 7 nitrogen and oxygen atoms in total. The first kappa shape index (κ1) is 22.8. The zero-order valence-corrected chi connectivity index (χ0v) is 20.0. The average Bonchev–Trinajstić information content (AvgIpc) is 3.46. The number of hydrogen-bond donors (Lipinski definition) is 1. The van der Waals surface area contributed by atoms with E-state index in [1.165, 1.54) is 11.8 Å². The lowest BCUT2D eigenvalue weighted by Crippen LogP contribution is -2.53. The number of ether oxygens (including phenoxy) is 3. The van der Waals surface area contributed by atoms with Gasteiger partial charge in [-0.3, -0.25) is 4.90 Å². The lowest BCUT2D eigenvalue weighted by atomic mass is 9.84. The topological polar surface area (TPSA) is 85.3 Å². The van der Waals surface area contributed by atoms with Gasteiger partial charge in [0.2, 0.25) is 0 Å². The second-order valence-electron chi connectivity index (χ2n) is 10.3. The zero-order chi connectivity index (χ0) is 22.6. The standard InChI is InChI=1S/C23H35NO6S/c1-22(2,3)30-21-13-24-9-6-15-10-20(29-14-23(7-8-23)31(5,26)27)19(28-4)11-16(15)17(24)12-18(21)25/h10-11,17-18,21,25H,6-9,12-14H2,1-5H3. The van der Waals surface area contributed by atoms with E-state index < -0.39 is 20.7 Å². The average molecular weight is 454 g/mol. The summed E-state index contributed by atoms with van der Waals surface area (Å²) in [7, 11) is -1.55. The van der Waals surface area contributed by atoms with E-state index in [2.05, 4.69) is 4.90 Å². The summed E-state index contributed by atoms with van der Waals surface area (Å²) in [5, 5.41) is 10.8. The van der Waals surface area contributed by atoms with Crippen molar-refractivity contribution in [2.75, 3.05) is 33.1 Å². The first-order valence-corrected chi connectivity index (χ1v) is 12.9. The number of aliphatic hydroxyl groups excluding tert-OH is 1. The van der Waals surface area contributed by atoms with Crippen molar-refractivity contribution >= 4 is 9.84 Å². The number of sulfone groups is 1. The van der Waals surface area contributed by atoms with Crippen molar-refractivity contribution in [3.05, 3.63) is 23.3 Å². The van der Waals surface area contributed by atoms with Crippen LogP contribution in [0.1, 0.15) is 57.2 Å². The molecular weight excluding hydrogens is 418 g/mol. The number of fused-ring (bicyclic) bond motifs is 3. The van der Waals surface area contributed by atoms with Gasteiger partial charge in [-0.25, -0.2) is 8.42 Å². The molecule has 2 aliphatic heterocycles. The summed E-state index contributed by atoms with van der Waals surface area (Å²) in [5.74, 6) is 1.20. The van der Waals surface area contributed by atoms with Gasteiger partial charge in [-0.2, -0.15) is 0 Å². The lowest BCUT2D eigenvalue weighted by molar-refractivity contribution is -0.149. The highest BCUT2D eigenvalue weighted by atomic mass is 32.2. The maximum absolute atomic E-state index is 12.1. The van der Waals surface area contributed by atoms with Crippen LogP contribution in [0.4, 0.5) is 0 Å². The second-order valence-corrected chi connectivity index (χ2v) is 12.7. The van der Waals surface area contributed by atoms with E-state index in [0.29, 0.717) is 37.3 Å². The van der Waals surface area contributed by atoms with Crippen LogP contribution in [0.5, 0.6) is 11.5 Å². The Labute approximate surface area is 185 Å². The second kappa shape index (κ2) is 7.90. The summed E-state index contributed by atoms with van der Waals surface area (Å²) in [6.45, 7) is 7.77. The Morgan fingerprint density at radius 3 is 2.52 bits per heavy atom. The molecule has 174 valence electrons. The Kier molecular flexibility index (Phi) is 5.82. The SMILES string of the molecule is COc1cc2c(cc1OCC1(S(C)(=O)=O)CC1)CCN1CC(OC(C)(C)C)C(O)CC21. The molecule has 1 saturated carbocycles. The summed E-state index contributed by atoms with van der Waals surface area (Å²) in [4.78, 5) is 2.38. The van der Waals surface area contributed by atoms with Gasteiger partial charge in [-0.1, -0.05) is 0 Å². The van der Waals surface area contributed by atoms with Crippen LogP contribution in [0, 0.1) is 0 Å². The van der Waals surface area contributed by atoms with Crippen LogP contribution < -0.4 is 9.47 Å². The highest BCUT2D eigenvalue weighted by Gasteiger charge is 2.53. The van der Waals surface area contributed by atoms with Gasteiger partial charge in [0.1, 0.15) is 11.4 Å². The van der Waals surface area contributed by atoms with Gasteiger partial charge < -0.3 is 19.3 Å². The fourth-order valence-corrected chi connectivity index (χ4v) is 5.92. The lowest BCUT2D eigenvalue weighted by Gasteiger charge is -2.46. The van der Waals surface area contributed by atoms with Crippen LogP contribution in [0.25, 0.3) is 0 Å². The minimum Gasteiger partial charge on any atom is -0.493 e. The molecule has 3 unspecified atom stereocenters. The van der Waals surface area contributed by atoms with Gasteiger partial charge in [0.15, 0.2) is 21.3 Å². The molecule has 0 aromatic heterocycles. The number of piperidine rings is 1. The molecule has 3 aliphatic rings. The minimum absolute atomic E-state index is 0.104. The van der Waals surface area contributed by atoms with E-state index in [4.69, 9.17) is 14.2 Å². The van der Waals surface area contributed by atoms with E-state index in [1.807, 2.05) is 32.9 Å². The van der Waals surface area contributed by atoms with Gasteiger partial charge in [-0.05, 0) is 69.7 Å². The van der Waals surface area contributed by atoms with Crippen molar-refractivity contribution in [1.29, 1.82) is 0 Å². The molecule has 0 bridgehead atoms. The van der Waals surface area contributed by atoms with Crippen LogP contribution in [0.15, 0.2) is 12.1 Å². The zero-order valence-electron chi connectivity index (χ0n) is 19.2. The highest BCUT2D eigenvalue weighted by Crippen LogP contribution is 2.46. The predicted molar refractivity (Wildman–Crippen MR) is 119 cm³/mol. The molecule has 1 N–H and O–H groups in total. The molecule has 2 heterocycles. The van der Waals surface area contributed by atoms with Gasteiger partial charge >= 0.3 is 0 Å². The summed E-state index contributed by atoms with van der Waals surface area (Å²) in [6, 6.07) is 4.10. The maximum atomic E-state index is 12.1. The van der Waals surface area contributed by atoms with Crippen LogP contribution in [0.3, 0.4) is 0 Å². The van der Waals surface area contributed by atoms with E-state index in [-0.39, 0.29) is 24.4 Å². The van der Waals surface area contributed by atoms with Crippen LogP contribution >= 0.6 is 0 Å². The number of hydrogen-bond acceptors (Lipinski definition) is 7. The van der Waals surface area contributed by atoms with Crippen molar-refractivity contribution in [1.82, 2.24) is 4.90 Å². The fraction of sp³-hybridized carbons (Fsp3) is 0.739. The Hall–Kier alpha value is -1.35. The Morgan fingerprint density at radius 1 is 1.23 bits per heavy atom. The Morgan fingerprint density at radius 2 is 1.94 bits per heavy atom. The Balaban J connectivity index is 1.54. The third kappa shape index (κ3) is 4.58. The number of methoxy groups -OCH3 is 1. The summed E-state index contributed by atoms with van der Waals surface area (Å²) in [5.41, 5.74) is 2.02. The minimum atomic E-state index is -3.15. The molecule has 3 atom stereocenters. The normalized spacial score (nSPS) is 27.9. The monoisotopic (exact) mass is 453 g/mol. The first-order valence-electron chi connectivity index (χ1n) is 11.1. The van der Waals surface area contributed by atoms with Gasteiger partial charge in [0.25, 0.3) is 0 Å². The van der Waals surface area contributed by atoms with Gasteiger partial charge in [-0.15, -0.1) is 0 Å². The van der Waals surface area contributed by atoms with Crippen molar-refractivity contribution in [2.24, 2.45) is 0 Å². The highest BCUT2D eigenvalue weighted by molar-refractivity contribution is 7.92. The molecule has 0 amide bonds. The Bertz CT molecular complexity index is 934. The van der Waals surface area contributed by atoms with Crippen molar-refractivity contribution in [3.63, 3.8) is 0 Å². The first-order chi connectivity index (χ1) is 14.4. The molecule has 0 spiro atoms. The van der Waals surface area contributed by atoms with Crippen molar-refractivity contribution in [2.45, 2.75) is 75.1 Å². The van der Waals surface area contributed by atoms with E-state index in [0.717, 1.165) is 18.5 Å². The smallest absolute Gasteiger partial charge is 0.161 e.